The monoisotopic (exact) mass is 414 g/mol. The molecule has 168 valence electrons. The van der Waals surface area contributed by atoms with Gasteiger partial charge in [0.2, 0.25) is 5.24 Å². The second-order valence-corrected chi connectivity index (χ2v) is 9.31. The molecule has 0 spiro atoms. The van der Waals surface area contributed by atoms with Gasteiger partial charge in [-0.15, -0.1) is 0 Å². The molecule has 0 aliphatic heterocycles. The van der Waals surface area contributed by atoms with Crippen LogP contribution in [-0.4, -0.2) is 5.24 Å². The largest absolute Gasteiger partial charge is 0.281 e. The van der Waals surface area contributed by atoms with Crippen molar-refractivity contribution in [2.45, 2.75) is 155 Å². The molecule has 1 unspecified atom stereocenters. The predicted octanol–water partition coefficient (Wildman–Crippen LogP) is 9.99. The minimum absolute atomic E-state index is 0.0911. The van der Waals surface area contributed by atoms with E-state index in [1.54, 1.807) is 0 Å². The number of hydrogen-bond donors (Lipinski definition) is 0. The molecule has 0 amide bonds. The van der Waals surface area contributed by atoms with E-state index in [0.29, 0.717) is 0 Å². The topological polar surface area (TPSA) is 17.1 Å². The maximum absolute atomic E-state index is 11.7. The zero-order chi connectivity index (χ0) is 20.7. The van der Waals surface area contributed by atoms with Gasteiger partial charge in [0.05, 0.1) is 0 Å². The maximum Gasteiger partial charge on any atom is 0.224 e. The highest BCUT2D eigenvalue weighted by atomic mass is 35.5. The van der Waals surface area contributed by atoms with Crippen molar-refractivity contribution < 1.29 is 4.79 Å². The Kier molecular flexibility index (Phi) is 23.2. The Balaban J connectivity index is 3.45. The van der Waals surface area contributed by atoms with Crippen LogP contribution in [0.5, 0.6) is 0 Å². The van der Waals surface area contributed by atoms with Crippen molar-refractivity contribution in [1.29, 1.82) is 0 Å². The Morgan fingerprint density at radius 1 is 0.500 bits per heavy atom. The van der Waals surface area contributed by atoms with Crippen LogP contribution in [-0.2, 0) is 4.79 Å². The molecule has 1 nitrogen and oxygen atoms in total. The molecule has 0 aromatic heterocycles. The summed E-state index contributed by atoms with van der Waals surface area (Å²) < 4.78 is 0. The quantitative estimate of drug-likeness (QED) is 0.120. The minimum atomic E-state index is -0.0911. The summed E-state index contributed by atoms with van der Waals surface area (Å²) in [4.78, 5) is 11.7. The first kappa shape index (κ1) is 28.0. The summed E-state index contributed by atoms with van der Waals surface area (Å²) in [6, 6.07) is 0. The van der Waals surface area contributed by atoms with E-state index >= 15 is 0 Å². The van der Waals surface area contributed by atoms with E-state index in [0.717, 1.165) is 12.8 Å². The molecule has 0 heterocycles. The van der Waals surface area contributed by atoms with Crippen LogP contribution in [0, 0.1) is 5.92 Å². The van der Waals surface area contributed by atoms with Crippen molar-refractivity contribution in [1.82, 2.24) is 0 Å². The SMILES string of the molecule is CCCCCCCCCCCCCC(CCCCCCCCCCC)C(=O)Cl. The Hall–Kier alpha value is -0.0400. The molecule has 0 aliphatic carbocycles. The van der Waals surface area contributed by atoms with Crippen LogP contribution < -0.4 is 0 Å². The molecule has 2 heteroatoms. The second-order valence-electron chi connectivity index (χ2n) is 8.94. The summed E-state index contributed by atoms with van der Waals surface area (Å²) in [6.07, 6.45) is 29.0. The van der Waals surface area contributed by atoms with Gasteiger partial charge in [0.25, 0.3) is 0 Å². The summed E-state index contributed by atoms with van der Waals surface area (Å²) in [5.41, 5.74) is 0. The van der Waals surface area contributed by atoms with Crippen LogP contribution >= 0.6 is 11.6 Å². The minimum Gasteiger partial charge on any atom is -0.281 e. The zero-order valence-electron chi connectivity index (χ0n) is 19.4. The second kappa shape index (κ2) is 23.2. The van der Waals surface area contributed by atoms with Crippen LogP contribution in [0.3, 0.4) is 0 Å². The first-order chi connectivity index (χ1) is 13.7. The highest BCUT2D eigenvalue weighted by Gasteiger charge is 2.15. The highest BCUT2D eigenvalue weighted by molar-refractivity contribution is 6.63. The van der Waals surface area contributed by atoms with Crippen molar-refractivity contribution in [3.8, 4) is 0 Å². The number of rotatable bonds is 23. The molecular weight excluding hydrogens is 364 g/mol. The Labute approximate surface area is 182 Å². The zero-order valence-corrected chi connectivity index (χ0v) is 20.2. The molecule has 28 heavy (non-hydrogen) atoms. The van der Waals surface area contributed by atoms with E-state index in [1.807, 2.05) is 0 Å². The van der Waals surface area contributed by atoms with Crippen LogP contribution in [0.1, 0.15) is 155 Å². The van der Waals surface area contributed by atoms with Crippen LogP contribution in [0.4, 0.5) is 0 Å². The van der Waals surface area contributed by atoms with Gasteiger partial charge in [-0.2, -0.15) is 0 Å². The highest BCUT2D eigenvalue weighted by Crippen LogP contribution is 2.21. The Morgan fingerprint density at radius 3 is 1.00 bits per heavy atom. The molecule has 0 bridgehead atoms. The van der Waals surface area contributed by atoms with Crippen molar-refractivity contribution in [2.75, 3.05) is 0 Å². The Morgan fingerprint density at radius 2 is 0.750 bits per heavy atom. The van der Waals surface area contributed by atoms with Crippen molar-refractivity contribution >= 4 is 16.8 Å². The Bertz CT molecular complexity index is 316. The smallest absolute Gasteiger partial charge is 0.224 e. The lowest BCUT2D eigenvalue weighted by atomic mass is 9.95. The summed E-state index contributed by atoms with van der Waals surface area (Å²) >= 11 is 5.85. The molecule has 0 N–H and O–H groups in total. The van der Waals surface area contributed by atoms with Gasteiger partial charge in [0.15, 0.2) is 0 Å². The molecule has 0 aliphatic rings. The van der Waals surface area contributed by atoms with E-state index in [-0.39, 0.29) is 11.2 Å². The standard InChI is InChI=1S/C26H51ClO/c1-3-5-7-9-11-13-14-16-18-20-22-24-25(26(27)28)23-21-19-17-15-12-10-8-6-4-2/h25H,3-24H2,1-2H3. The summed E-state index contributed by atoms with van der Waals surface area (Å²) in [5, 5.41) is -0.0911. The summed E-state index contributed by atoms with van der Waals surface area (Å²) in [5.74, 6) is 0.116. The lowest BCUT2D eigenvalue weighted by molar-refractivity contribution is -0.115. The van der Waals surface area contributed by atoms with E-state index in [2.05, 4.69) is 13.8 Å². The molecular formula is C26H51ClO. The lowest BCUT2D eigenvalue weighted by Gasteiger charge is -2.12. The van der Waals surface area contributed by atoms with Crippen LogP contribution in [0.25, 0.3) is 0 Å². The normalized spacial score (nSPS) is 12.4. The summed E-state index contributed by atoms with van der Waals surface area (Å²) in [7, 11) is 0. The maximum atomic E-state index is 11.7. The molecule has 0 aromatic rings. The first-order valence-corrected chi connectivity index (χ1v) is 13.3. The van der Waals surface area contributed by atoms with Crippen LogP contribution in [0.15, 0.2) is 0 Å². The molecule has 0 radical (unpaired) electrons. The lowest BCUT2D eigenvalue weighted by Crippen LogP contribution is -2.08. The number of unbranched alkanes of at least 4 members (excludes halogenated alkanes) is 18. The first-order valence-electron chi connectivity index (χ1n) is 12.9. The molecule has 0 rings (SSSR count). The van der Waals surface area contributed by atoms with Crippen molar-refractivity contribution in [3.05, 3.63) is 0 Å². The van der Waals surface area contributed by atoms with Gasteiger partial charge in [0, 0.05) is 5.92 Å². The predicted molar refractivity (Wildman–Crippen MR) is 127 cm³/mol. The fourth-order valence-corrected chi connectivity index (χ4v) is 4.35. The molecule has 0 aromatic carbocycles. The third-order valence-corrected chi connectivity index (χ3v) is 6.44. The van der Waals surface area contributed by atoms with E-state index in [9.17, 15) is 4.79 Å². The molecule has 1 atom stereocenters. The molecule has 0 saturated heterocycles. The average molecular weight is 415 g/mol. The third kappa shape index (κ3) is 20.7. The van der Waals surface area contributed by atoms with E-state index < -0.39 is 0 Å². The number of carbonyl (C=O) groups excluding carboxylic acids is 1. The molecule has 0 fully saturated rings. The van der Waals surface area contributed by atoms with Gasteiger partial charge < -0.3 is 0 Å². The van der Waals surface area contributed by atoms with Gasteiger partial charge in [-0.3, -0.25) is 4.79 Å². The third-order valence-electron chi connectivity index (χ3n) is 6.13. The average Bonchev–Trinajstić information content (AvgIpc) is 2.68. The fraction of sp³-hybridized carbons (Fsp3) is 0.962. The summed E-state index contributed by atoms with van der Waals surface area (Å²) in [6.45, 7) is 4.55. The number of halogens is 1. The van der Waals surface area contributed by atoms with Crippen molar-refractivity contribution in [2.24, 2.45) is 5.92 Å². The number of carbonyl (C=O) groups is 1. The van der Waals surface area contributed by atoms with Crippen molar-refractivity contribution in [3.63, 3.8) is 0 Å². The van der Waals surface area contributed by atoms with Gasteiger partial charge in [-0.1, -0.05) is 142 Å². The van der Waals surface area contributed by atoms with Crippen LogP contribution in [0.2, 0.25) is 0 Å². The fourth-order valence-electron chi connectivity index (χ4n) is 4.13. The van der Waals surface area contributed by atoms with Gasteiger partial charge in [-0.05, 0) is 24.4 Å². The van der Waals surface area contributed by atoms with Gasteiger partial charge >= 0.3 is 0 Å². The van der Waals surface area contributed by atoms with Gasteiger partial charge in [0.1, 0.15) is 0 Å². The number of hydrogen-bond acceptors (Lipinski definition) is 1. The molecule has 0 saturated carbocycles. The van der Waals surface area contributed by atoms with E-state index in [1.165, 1.54) is 128 Å². The van der Waals surface area contributed by atoms with Gasteiger partial charge in [-0.25, -0.2) is 0 Å². The van der Waals surface area contributed by atoms with E-state index in [4.69, 9.17) is 11.6 Å².